The molecule has 1 aliphatic rings. The van der Waals surface area contributed by atoms with Gasteiger partial charge in [-0.2, -0.15) is 0 Å². The maximum absolute atomic E-state index is 13.3. The Balaban J connectivity index is 2.28. The van der Waals surface area contributed by atoms with Crippen LogP contribution in [0.5, 0.6) is 0 Å². The molecule has 0 bridgehead atoms. The number of anilines is 1. The minimum Gasteiger partial charge on any atom is -0.399 e. The van der Waals surface area contributed by atoms with E-state index in [0.29, 0.717) is 24.1 Å². The quantitative estimate of drug-likeness (QED) is 0.764. The fourth-order valence-corrected chi connectivity index (χ4v) is 6.58. The van der Waals surface area contributed by atoms with Crippen molar-refractivity contribution in [2.45, 2.75) is 56.4 Å². The standard InChI is InChI=1S/C21H28N2O3S/c1-3-5-10-21(4-2)14-27(25,26)18-7-6-16(22)13-17(18)19(20(21)24)15-8-11-23-12-9-15/h6-9,11-13,19-20,24H,3-5,10,14,22H2,1-2H3/t19-,20-,21?/m1/s1. The molecule has 0 radical (unpaired) electrons. The third-order valence-electron chi connectivity index (χ3n) is 5.92. The lowest BCUT2D eigenvalue weighted by Gasteiger charge is -2.39. The third-order valence-corrected chi connectivity index (χ3v) is 7.92. The molecule has 1 aromatic carbocycles. The number of nitrogens with zero attached hydrogens (tertiary/aromatic N) is 1. The number of pyridine rings is 1. The Bertz CT molecular complexity index is 899. The summed E-state index contributed by atoms with van der Waals surface area (Å²) in [4.78, 5) is 4.35. The van der Waals surface area contributed by atoms with Crippen molar-refractivity contribution in [3.8, 4) is 0 Å². The maximum atomic E-state index is 13.3. The van der Waals surface area contributed by atoms with Gasteiger partial charge in [-0.25, -0.2) is 8.42 Å². The number of aliphatic hydroxyl groups is 1. The molecule has 5 nitrogen and oxygen atoms in total. The molecule has 146 valence electrons. The van der Waals surface area contributed by atoms with Crippen molar-refractivity contribution in [1.29, 1.82) is 0 Å². The normalized spacial score (nSPS) is 26.9. The Kier molecular flexibility index (Phi) is 5.58. The first kappa shape index (κ1) is 19.8. The summed E-state index contributed by atoms with van der Waals surface area (Å²) in [5.74, 6) is -0.503. The van der Waals surface area contributed by atoms with Crippen molar-refractivity contribution in [3.05, 3.63) is 53.9 Å². The molecular formula is C21H28N2O3S. The SMILES string of the molecule is CCCCC1(CC)CS(=O)(=O)c2ccc(N)cc2[C@@H](c2ccncc2)[C@H]1O. The molecule has 0 fully saturated rings. The Morgan fingerprint density at radius 2 is 1.93 bits per heavy atom. The number of nitrogen functional groups attached to an aromatic ring is 1. The molecule has 0 amide bonds. The fourth-order valence-electron chi connectivity index (χ4n) is 4.33. The summed E-state index contributed by atoms with van der Waals surface area (Å²) in [5, 5.41) is 11.6. The van der Waals surface area contributed by atoms with Crippen LogP contribution in [0.2, 0.25) is 0 Å². The molecule has 6 heteroatoms. The van der Waals surface area contributed by atoms with Gasteiger partial charge >= 0.3 is 0 Å². The first-order valence-electron chi connectivity index (χ1n) is 9.55. The van der Waals surface area contributed by atoms with Gasteiger partial charge in [0.2, 0.25) is 0 Å². The van der Waals surface area contributed by atoms with Gasteiger partial charge in [0.05, 0.1) is 16.8 Å². The van der Waals surface area contributed by atoms with Gasteiger partial charge in [0.25, 0.3) is 0 Å². The highest BCUT2D eigenvalue weighted by Crippen LogP contribution is 2.48. The van der Waals surface area contributed by atoms with Crippen LogP contribution < -0.4 is 5.73 Å². The predicted molar refractivity (Wildman–Crippen MR) is 107 cm³/mol. The predicted octanol–water partition coefficient (Wildman–Crippen LogP) is 3.53. The van der Waals surface area contributed by atoms with Gasteiger partial charge in [0.1, 0.15) is 0 Å². The Hall–Kier alpha value is -1.92. The van der Waals surface area contributed by atoms with E-state index in [2.05, 4.69) is 11.9 Å². The lowest BCUT2D eigenvalue weighted by atomic mass is 9.69. The van der Waals surface area contributed by atoms with Crippen LogP contribution in [0.25, 0.3) is 0 Å². The number of aromatic nitrogens is 1. The molecule has 2 heterocycles. The first-order chi connectivity index (χ1) is 12.8. The summed E-state index contributed by atoms with van der Waals surface area (Å²) >= 11 is 0. The second-order valence-corrected chi connectivity index (χ2v) is 9.54. The smallest absolute Gasteiger partial charge is 0.179 e. The summed E-state index contributed by atoms with van der Waals surface area (Å²) in [5.41, 5.74) is 7.24. The lowest BCUT2D eigenvalue weighted by Crippen LogP contribution is -2.42. The second-order valence-electron chi connectivity index (χ2n) is 7.58. The van der Waals surface area contributed by atoms with Gasteiger partial charge in [-0.05, 0) is 54.3 Å². The zero-order valence-corrected chi connectivity index (χ0v) is 16.7. The number of unbranched alkanes of at least 4 members (excludes halogenated alkanes) is 1. The van der Waals surface area contributed by atoms with Crippen molar-refractivity contribution in [2.24, 2.45) is 5.41 Å². The van der Waals surface area contributed by atoms with Crippen LogP contribution in [0.4, 0.5) is 5.69 Å². The summed E-state index contributed by atoms with van der Waals surface area (Å²) in [7, 11) is -3.55. The molecule has 0 saturated carbocycles. The number of fused-ring (bicyclic) bond motifs is 1. The summed E-state index contributed by atoms with van der Waals surface area (Å²) in [6.07, 6.45) is 5.62. The maximum Gasteiger partial charge on any atom is 0.179 e. The van der Waals surface area contributed by atoms with E-state index >= 15 is 0 Å². The number of benzene rings is 1. The van der Waals surface area contributed by atoms with Crippen LogP contribution >= 0.6 is 0 Å². The highest BCUT2D eigenvalue weighted by atomic mass is 32.2. The number of aliphatic hydroxyl groups excluding tert-OH is 1. The zero-order chi connectivity index (χ0) is 19.7. The van der Waals surface area contributed by atoms with Crippen LogP contribution in [0.15, 0.2) is 47.6 Å². The Morgan fingerprint density at radius 3 is 2.56 bits per heavy atom. The highest BCUT2D eigenvalue weighted by Gasteiger charge is 2.48. The minimum atomic E-state index is -3.55. The van der Waals surface area contributed by atoms with E-state index in [1.807, 2.05) is 19.1 Å². The van der Waals surface area contributed by atoms with E-state index in [1.54, 1.807) is 30.6 Å². The number of hydrogen-bond donors (Lipinski definition) is 2. The first-order valence-corrected chi connectivity index (χ1v) is 11.2. The zero-order valence-electron chi connectivity index (χ0n) is 15.9. The molecule has 0 saturated heterocycles. The molecule has 1 aliphatic heterocycles. The van der Waals surface area contributed by atoms with Crippen molar-refractivity contribution < 1.29 is 13.5 Å². The largest absolute Gasteiger partial charge is 0.399 e. The molecule has 3 atom stereocenters. The van der Waals surface area contributed by atoms with E-state index in [0.717, 1.165) is 18.4 Å². The van der Waals surface area contributed by atoms with E-state index in [9.17, 15) is 13.5 Å². The molecule has 3 rings (SSSR count). The van der Waals surface area contributed by atoms with Crippen LogP contribution in [-0.2, 0) is 9.84 Å². The van der Waals surface area contributed by atoms with Gasteiger partial charge in [-0.1, -0.05) is 26.7 Å². The van der Waals surface area contributed by atoms with Crippen molar-refractivity contribution in [1.82, 2.24) is 4.98 Å². The van der Waals surface area contributed by atoms with Gasteiger partial charge in [0, 0.05) is 29.4 Å². The molecule has 3 N–H and O–H groups in total. The van der Waals surface area contributed by atoms with E-state index < -0.39 is 27.3 Å². The fraction of sp³-hybridized carbons (Fsp3) is 0.476. The minimum absolute atomic E-state index is 0.0455. The van der Waals surface area contributed by atoms with Crippen molar-refractivity contribution in [2.75, 3.05) is 11.5 Å². The van der Waals surface area contributed by atoms with Crippen LogP contribution in [0, 0.1) is 5.41 Å². The number of rotatable bonds is 5. The summed E-state index contributed by atoms with van der Waals surface area (Å²) in [6.45, 7) is 4.05. The summed E-state index contributed by atoms with van der Waals surface area (Å²) in [6, 6.07) is 8.61. The topological polar surface area (TPSA) is 93.3 Å². The third kappa shape index (κ3) is 3.60. The molecule has 2 aromatic rings. The average Bonchev–Trinajstić information content (AvgIpc) is 2.72. The lowest BCUT2D eigenvalue weighted by molar-refractivity contribution is 0.0174. The second kappa shape index (κ2) is 7.60. The average molecular weight is 389 g/mol. The van der Waals surface area contributed by atoms with E-state index in [-0.39, 0.29) is 10.6 Å². The highest BCUT2D eigenvalue weighted by molar-refractivity contribution is 7.91. The Morgan fingerprint density at radius 1 is 1.22 bits per heavy atom. The Labute approximate surface area is 161 Å². The number of nitrogens with two attached hydrogens (primary N) is 1. The van der Waals surface area contributed by atoms with Crippen molar-refractivity contribution in [3.63, 3.8) is 0 Å². The molecule has 0 aliphatic carbocycles. The molecular weight excluding hydrogens is 360 g/mol. The van der Waals surface area contributed by atoms with Crippen molar-refractivity contribution >= 4 is 15.5 Å². The summed E-state index contributed by atoms with van der Waals surface area (Å²) < 4.78 is 26.6. The molecule has 1 aromatic heterocycles. The molecule has 27 heavy (non-hydrogen) atoms. The van der Waals surface area contributed by atoms with Crippen LogP contribution in [0.3, 0.4) is 0 Å². The number of sulfone groups is 1. The monoisotopic (exact) mass is 388 g/mol. The van der Waals surface area contributed by atoms with Gasteiger partial charge in [-0.3, -0.25) is 4.98 Å². The number of hydrogen-bond acceptors (Lipinski definition) is 5. The van der Waals surface area contributed by atoms with Gasteiger partial charge < -0.3 is 10.8 Å². The molecule has 1 unspecified atom stereocenters. The van der Waals surface area contributed by atoms with E-state index in [1.165, 1.54) is 0 Å². The molecule has 0 spiro atoms. The van der Waals surface area contributed by atoms with Gasteiger partial charge in [0.15, 0.2) is 9.84 Å². The van der Waals surface area contributed by atoms with E-state index in [4.69, 9.17) is 5.73 Å². The van der Waals surface area contributed by atoms with Crippen LogP contribution in [0.1, 0.15) is 56.6 Å². The van der Waals surface area contributed by atoms with Crippen LogP contribution in [-0.4, -0.2) is 30.4 Å². The van der Waals surface area contributed by atoms with Gasteiger partial charge in [-0.15, -0.1) is 0 Å².